The molecule has 0 heterocycles. The first-order chi connectivity index (χ1) is 9.13. The van der Waals surface area contributed by atoms with Gasteiger partial charge in [-0.15, -0.1) is 0 Å². The molecule has 104 valence electrons. The Hall–Kier alpha value is -0.820. The second kappa shape index (κ2) is 4.94. The normalized spacial score (nSPS) is 35.7. The fourth-order valence-electron chi connectivity index (χ4n) is 4.74. The lowest BCUT2D eigenvalue weighted by atomic mass is 9.42. The second-order valence-corrected chi connectivity index (χ2v) is 7.22. The van der Waals surface area contributed by atoms with Crippen LogP contribution in [0.4, 0.5) is 0 Å². The molecule has 0 aliphatic heterocycles. The summed E-state index contributed by atoms with van der Waals surface area (Å²) in [4.78, 5) is 0. The van der Waals surface area contributed by atoms with Crippen LogP contribution in [0.3, 0.4) is 0 Å². The van der Waals surface area contributed by atoms with Gasteiger partial charge in [-0.05, 0) is 60.3 Å². The molecule has 0 spiro atoms. The molecule has 3 saturated carbocycles. The molecule has 0 aromatic heterocycles. The summed E-state index contributed by atoms with van der Waals surface area (Å²) >= 11 is 0. The van der Waals surface area contributed by atoms with E-state index in [-0.39, 0.29) is 0 Å². The Morgan fingerprint density at radius 2 is 1.89 bits per heavy atom. The number of hydrogen-bond acceptors (Lipinski definition) is 1. The van der Waals surface area contributed by atoms with Crippen molar-refractivity contribution in [2.24, 2.45) is 29.1 Å². The van der Waals surface area contributed by atoms with Gasteiger partial charge in [0.25, 0.3) is 0 Å². The maximum atomic E-state index is 9.33. The molecule has 1 heteroatoms. The van der Waals surface area contributed by atoms with Gasteiger partial charge in [0.15, 0.2) is 0 Å². The van der Waals surface area contributed by atoms with Crippen molar-refractivity contribution in [3.8, 4) is 0 Å². The van der Waals surface area contributed by atoms with E-state index >= 15 is 0 Å². The van der Waals surface area contributed by atoms with Gasteiger partial charge in [-0.1, -0.05) is 44.2 Å². The predicted molar refractivity (Wildman–Crippen MR) is 78.8 cm³/mol. The fraction of sp³-hybridized carbons (Fsp3) is 0.667. The van der Waals surface area contributed by atoms with Crippen molar-refractivity contribution in [3.63, 3.8) is 0 Å². The van der Waals surface area contributed by atoms with Crippen molar-refractivity contribution in [1.29, 1.82) is 0 Å². The molecule has 1 nitrogen and oxygen atoms in total. The number of hydrogen-bond donors (Lipinski definition) is 1. The van der Waals surface area contributed by atoms with E-state index in [1.54, 1.807) is 0 Å². The summed E-state index contributed by atoms with van der Waals surface area (Å²) in [6, 6.07) is 10.9. The van der Waals surface area contributed by atoms with E-state index in [4.69, 9.17) is 0 Å². The zero-order valence-electron chi connectivity index (χ0n) is 12.2. The summed E-state index contributed by atoms with van der Waals surface area (Å²) in [5.74, 6) is 3.28. The quantitative estimate of drug-likeness (QED) is 0.868. The van der Waals surface area contributed by atoms with Gasteiger partial charge in [0.1, 0.15) is 0 Å². The van der Waals surface area contributed by atoms with Crippen LogP contribution in [0.5, 0.6) is 0 Å². The lowest BCUT2D eigenvalue weighted by molar-refractivity contribution is -0.137. The topological polar surface area (TPSA) is 20.2 Å². The van der Waals surface area contributed by atoms with E-state index in [1.165, 1.54) is 24.8 Å². The van der Waals surface area contributed by atoms with Crippen LogP contribution in [0.2, 0.25) is 0 Å². The van der Waals surface area contributed by atoms with E-state index in [9.17, 15) is 5.11 Å². The summed E-state index contributed by atoms with van der Waals surface area (Å²) < 4.78 is 0. The summed E-state index contributed by atoms with van der Waals surface area (Å²) in [6.07, 6.45) is 4.96. The fourth-order valence-corrected chi connectivity index (χ4v) is 4.74. The maximum Gasteiger partial charge on any atom is 0.0433 e. The van der Waals surface area contributed by atoms with Crippen LogP contribution in [0.1, 0.15) is 38.7 Å². The van der Waals surface area contributed by atoms with Gasteiger partial charge in [-0.2, -0.15) is 0 Å². The van der Waals surface area contributed by atoms with Crippen LogP contribution in [-0.2, 0) is 6.42 Å². The van der Waals surface area contributed by atoms with Gasteiger partial charge in [-0.3, -0.25) is 0 Å². The molecule has 1 aromatic carbocycles. The molecule has 0 unspecified atom stereocenters. The van der Waals surface area contributed by atoms with Gasteiger partial charge < -0.3 is 5.11 Å². The highest BCUT2D eigenvalue weighted by atomic mass is 16.3. The number of aliphatic hydroxyl groups excluding tert-OH is 1. The van der Waals surface area contributed by atoms with E-state index < -0.39 is 0 Å². The number of fused-ring (bicyclic) bond motifs is 2. The number of benzene rings is 1. The highest BCUT2D eigenvalue weighted by molar-refractivity contribution is 5.17. The molecule has 3 aliphatic carbocycles. The molecular formula is C18H26O. The van der Waals surface area contributed by atoms with Crippen molar-refractivity contribution in [2.75, 3.05) is 6.61 Å². The maximum absolute atomic E-state index is 9.33. The van der Waals surface area contributed by atoms with E-state index in [0.29, 0.717) is 12.0 Å². The third kappa shape index (κ3) is 2.23. The van der Waals surface area contributed by atoms with Crippen molar-refractivity contribution in [1.82, 2.24) is 0 Å². The van der Waals surface area contributed by atoms with E-state index in [1.807, 2.05) is 0 Å². The zero-order chi connectivity index (χ0) is 13.5. The van der Waals surface area contributed by atoms with Gasteiger partial charge >= 0.3 is 0 Å². The highest BCUT2D eigenvalue weighted by Crippen LogP contribution is 2.64. The standard InChI is InChI=1S/C18H26O/c1-18(2)15-11-14(8-9-19)16(17(18)12-15)10-13-6-4-3-5-7-13/h3-7,14-17,19H,8-12H2,1-2H3/t14-,15+,16+,17+/m0/s1. The van der Waals surface area contributed by atoms with Crippen LogP contribution in [0, 0.1) is 29.1 Å². The minimum absolute atomic E-state index is 0.357. The molecule has 3 aliphatic rings. The lowest BCUT2D eigenvalue weighted by Crippen LogP contribution is -2.56. The Balaban J connectivity index is 1.78. The Morgan fingerprint density at radius 1 is 1.16 bits per heavy atom. The minimum atomic E-state index is 0.357. The van der Waals surface area contributed by atoms with Crippen LogP contribution < -0.4 is 0 Å². The summed E-state index contributed by atoms with van der Waals surface area (Å²) in [7, 11) is 0. The SMILES string of the molecule is CC1(C)[C@@H]2C[C@H](CCO)[C@@H](Cc3ccccc3)[C@H]1C2. The monoisotopic (exact) mass is 258 g/mol. The molecule has 3 fully saturated rings. The molecule has 0 saturated heterocycles. The van der Waals surface area contributed by atoms with Crippen molar-refractivity contribution < 1.29 is 5.11 Å². The predicted octanol–water partition coefficient (Wildman–Crippen LogP) is 3.91. The molecule has 2 bridgehead atoms. The summed E-state index contributed by atoms with van der Waals surface area (Å²) in [5, 5.41) is 9.33. The lowest BCUT2D eigenvalue weighted by Gasteiger charge is -2.63. The Bertz CT molecular complexity index is 423. The molecule has 4 atom stereocenters. The minimum Gasteiger partial charge on any atom is -0.396 e. The number of rotatable bonds is 4. The molecule has 1 N–H and O–H groups in total. The first-order valence-corrected chi connectivity index (χ1v) is 7.77. The van der Waals surface area contributed by atoms with Crippen LogP contribution in [0.15, 0.2) is 30.3 Å². The Kier molecular flexibility index (Phi) is 3.42. The molecule has 4 rings (SSSR count). The van der Waals surface area contributed by atoms with Gasteiger partial charge in [0.05, 0.1) is 0 Å². The smallest absolute Gasteiger partial charge is 0.0433 e. The van der Waals surface area contributed by atoms with Crippen molar-refractivity contribution in [2.45, 2.75) is 39.5 Å². The van der Waals surface area contributed by atoms with Crippen molar-refractivity contribution >= 4 is 0 Å². The largest absolute Gasteiger partial charge is 0.396 e. The van der Waals surface area contributed by atoms with E-state index in [2.05, 4.69) is 44.2 Å². The molecule has 19 heavy (non-hydrogen) atoms. The van der Waals surface area contributed by atoms with Gasteiger partial charge in [-0.25, -0.2) is 0 Å². The third-order valence-corrected chi connectivity index (χ3v) is 6.07. The first kappa shape index (κ1) is 13.2. The van der Waals surface area contributed by atoms with E-state index in [0.717, 1.165) is 30.1 Å². The van der Waals surface area contributed by atoms with Crippen LogP contribution in [-0.4, -0.2) is 11.7 Å². The van der Waals surface area contributed by atoms with Crippen LogP contribution in [0.25, 0.3) is 0 Å². The third-order valence-electron chi connectivity index (χ3n) is 6.07. The van der Waals surface area contributed by atoms with Crippen LogP contribution >= 0.6 is 0 Å². The molecule has 0 radical (unpaired) electrons. The summed E-state index contributed by atoms with van der Waals surface area (Å²) in [5.41, 5.74) is 2.00. The van der Waals surface area contributed by atoms with Crippen molar-refractivity contribution in [3.05, 3.63) is 35.9 Å². The van der Waals surface area contributed by atoms with Gasteiger partial charge in [0, 0.05) is 6.61 Å². The average molecular weight is 258 g/mol. The molecule has 1 aromatic rings. The molecule has 0 amide bonds. The second-order valence-electron chi connectivity index (χ2n) is 7.22. The first-order valence-electron chi connectivity index (χ1n) is 7.77. The highest BCUT2D eigenvalue weighted by Gasteiger charge is 2.56. The van der Waals surface area contributed by atoms with Gasteiger partial charge in [0.2, 0.25) is 0 Å². The average Bonchev–Trinajstić information content (AvgIpc) is 2.41. The Labute approximate surface area is 117 Å². The number of aliphatic hydroxyl groups is 1. The Morgan fingerprint density at radius 3 is 2.53 bits per heavy atom. The summed E-state index contributed by atoms with van der Waals surface area (Å²) in [6.45, 7) is 5.27. The molecular weight excluding hydrogens is 232 g/mol. The zero-order valence-corrected chi connectivity index (χ0v) is 12.2.